The van der Waals surface area contributed by atoms with Crippen molar-refractivity contribution in [1.82, 2.24) is 5.32 Å². The van der Waals surface area contributed by atoms with Gasteiger partial charge in [-0.3, -0.25) is 4.79 Å². The van der Waals surface area contributed by atoms with Gasteiger partial charge in [0.2, 0.25) is 0 Å². The minimum Gasteiger partial charge on any atom is -0.469 e. The van der Waals surface area contributed by atoms with E-state index >= 15 is 0 Å². The molecule has 0 heterocycles. The highest BCUT2D eigenvalue weighted by atomic mass is 16.5. The van der Waals surface area contributed by atoms with E-state index in [-0.39, 0.29) is 5.97 Å². The number of hydrogen-bond acceptors (Lipinski definition) is 3. The molecule has 0 radical (unpaired) electrons. The molecule has 2 aliphatic rings. The maximum atomic E-state index is 11.1. The summed E-state index contributed by atoms with van der Waals surface area (Å²) in [5.41, 5.74) is 3.07. The van der Waals surface area contributed by atoms with Crippen LogP contribution >= 0.6 is 0 Å². The minimum absolute atomic E-state index is 0.111. The summed E-state index contributed by atoms with van der Waals surface area (Å²) in [6.07, 6.45) is 20.6. The van der Waals surface area contributed by atoms with Crippen molar-refractivity contribution in [2.24, 2.45) is 5.92 Å². The van der Waals surface area contributed by atoms with Crippen LogP contribution in [0.15, 0.2) is 47.6 Å². The Balaban J connectivity index is 1.67. The molecule has 1 N–H and O–H groups in total. The lowest BCUT2D eigenvalue weighted by atomic mass is 9.89. The predicted octanol–water partition coefficient (Wildman–Crippen LogP) is 4.48. The van der Waals surface area contributed by atoms with Crippen LogP contribution in [0.5, 0.6) is 0 Å². The molecule has 0 fully saturated rings. The molecule has 3 nitrogen and oxygen atoms in total. The third kappa shape index (κ3) is 6.48. The van der Waals surface area contributed by atoms with Crippen molar-refractivity contribution in [2.45, 2.75) is 57.9 Å². The zero-order valence-corrected chi connectivity index (χ0v) is 15.1. The molecule has 0 spiro atoms. The van der Waals surface area contributed by atoms with E-state index in [2.05, 4.69) is 53.4 Å². The fraction of sp³-hybridized carbons (Fsp3) is 0.571. The second kappa shape index (κ2) is 10.3. The van der Waals surface area contributed by atoms with Gasteiger partial charge < -0.3 is 10.1 Å². The van der Waals surface area contributed by atoms with E-state index in [4.69, 9.17) is 0 Å². The molecule has 2 unspecified atom stereocenters. The average Bonchev–Trinajstić information content (AvgIpc) is 2.89. The normalized spacial score (nSPS) is 21.2. The number of methoxy groups -OCH3 is 1. The summed E-state index contributed by atoms with van der Waals surface area (Å²) in [4.78, 5) is 11.1. The quantitative estimate of drug-likeness (QED) is 0.527. The van der Waals surface area contributed by atoms with Gasteiger partial charge in [0.25, 0.3) is 0 Å². The maximum absolute atomic E-state index is 11.1. The highest BCUT2D eigenvalue weighted by Crippen LogP contribution is 2.31. The van der Waals surface area contributed by atoms with Gasteiger partial charge in [-0.15, -0.1) is 0 Å². The third-order valence-corrected chi connectivity index (χ3v) is 4.88. The van der Waals surface area contributed by atoms with Crippen LogP contribution in [0.4, 0.5) is 0 Å². The van der Waals surface area contributed by atoms with Gasteiger partial charge in [0.15, 0.2) is 0 Å². The first kappa shape index (κ1) is 18.7. The van der Waals surface area contributed by atoms with Gasteiger partial charge in [0.05, 0.1) is 7.11 Å². The third-order valence-electron chi connectivity index (χ3n) is 4.88. The van der Waals surface area contributed by atoms with Crippen LogP contribution in [-0.2, 0) is 9.53 Å². The van der Waals surface area contributed by atoms with Crippen LogP contribution in [0.2, 0.25) is 0 Å². The molecule has 2 rings (SSSR count). The van der Waals surface area contributed by atoms with Crippen molar-refractivity contribution in [3.63, 3.8) is 0 Å². The number of hydrogen-bond donors (Lipinski definition) is 1. The average molecular weight is 329 g/mol. The van der Waals surface area contributed by atoms with E-state index in [1.54, 1.807) is 5.57 Å². The summed E-state index contributed by atoms with van der Waals surface area (Å²) >= 11 is 0. The molecule has 0 aliphatic heterocycles. The van der Waals surface area contributed by atoms with Crippen LogP contribution < -0.4 is 5.32 Å². The molecule has 0 aromatic carbocycles. The molecule has 0 aromatic heterocycles. The zero-order valence-electron chi connectivity index (χ0n) is 15.1. The molecule has 2 aliphatic carbocycles. The van der Waals surface area contributed by atoms with Crippen LogP contribution in [-0.4, -0.2) is 25.7 Å². The highest BCUT2D eigenvalue weighted by molar-refractivity contribution is 5.68. The standard InChI is InChI=1S/C21H31NO2/c1-17(8-6-13-21(23)24-2)22-15-14-18-9-7-12-19-10-4-3-5-11-20(19)16-18/h3-5,9-10,12,17,20,22H,6-8,11,13-16H2,1-2H3. The topological polar surface area (TPSA) is 38.3 Å². The summed E-state index contributed by atoms with van der Waals surface area (Å²) in [6.45, 7) is 3.21. The number of nitrogens with one attached hydrogen (secondary N) is 1. The fourth-order valence-electron chi connectivity index (χ4n) is 3.40. The zero-order chi connectivity index (χ0) is 17.2. The van der Waals surface area contributed by atoms with Crippen molar-refractivity contribution in [3.8, 4) is 0 Å². The molecule has 3 heteroatoms. The van der Waals surface area contributed by atoms with Gasteiger partial charge in [-0.05, 0) is 63.5 Å². The minimum atomic E-state index is -0.111. The molecule has 0 saturated carbocycles. The number of allylic oxidation sites excluding steroid dienone is 7. The first-order valence-corrected chi connectivity index (χ1v) is 9.20. The van der Waals surface area contributed by atoms with Gasteiger partial charge in [-0.25, -0.2) is 0 Å². The Morgan fingerprint density at radius 1 is 1.38 bits per heavy atom. The van der Waals surface area contributed by atoms with Gasteiger partial charge >= 0.3 is 5.97 Å². The van der Waals surface area contributed by atoms with Gasteiger partial charge in [-0.2, -0.15) is 0 Å². The highest BCUT2D eigenvalue weighted by Gasteiger charge is 2.16. The molecule has 24 heavy (non-hydrogen) atoms. The summed E-state index contributed by atoms with van der Waals surface area (Å²) in [6, 6.07) is 0.443. The van der Waals surface area contributed by atoms with Crippen molar-refractivity contribution in [1.29, 1.82) is 0 Å². The van der Waals surface area contributed by atoms with Gasteiger partial charge in [0.1, 0.15) is 0 Å². The lowest BCUT2D eigenvalue weighted by Crippen LogP contribution is -2.27. The van der Waals surface area contributed by atoms with Gasteiger partial charge in [0, 0.05) is 12.5 Å². The molecular formula is C21H31NO2. The van der Waals surface area contributed by atoms with E-state index in [9.17, 15) is 4.79 Å². The Kier molecular flexibility index (Phi) is 8.03. The van der Waals surface area contributed by atoms with E-state index in [1.165, 1.54) is 19.1 Å². The lowest BCUT2D eigenvalue weighted by Gasteiger charge is -2.18. The van der Waals surface area contributed by atoms with Crippen molar-refractivity contribution < 1.29 is 9.53 Å². The molecular weight excluding hydrogens is 298 g/mol. The SMILES string of the molecule is COC(=O)CCCC(C)NCCC1=CCC=C2C=CC=CCC2C1. The molecule has 2 atom stereocenters. The van der Waals surface area contributed by atoms with E-state index in [1.807, 2.05) is 0 Å². The predicted molar refractivity (Wildman–Crippen MR) is 99.7 cm³/mol. The summed E-state index contributed by atoms with van der Waals surface area (Å²) < 4.78 is 4.68. The van der Waals surface area contributed by atoms with Crippen molar-refractivity contribution in [3.05, 3.63) is 47.6 Å². The Morgan fingerprint density at radius 2 is 2.25 bits per heavy atom. The molecule has 0 bridgehead atoms. The number of carbonyl (C=O) groups is 1. The van der Waals surface area contributed by atoms with Crippen molar-refractivity contribution in [2.75, 3.05) is 13.7 Å². The smallest absolute Gasteiger partial charge is 0.305 e. The number of rotatable bonds is 8. The molecule has 132 valence electrons. The Labute approximate surface area is 146 Å². The van der Waals surface area contributed by atoms with Crippen LogP contribution in [0.3, 0.4) is 0 Å². The largest absolute Gasteiger partial charge is 0.469 e. The number of esters is 1. The Morgan fingerprint density at radius 3 is 3.08 bits per heavy atom. The monoisotopic (exact) mass is 329 g/mol. The molecule has 0 aromatic rings. The number of ether oxygens (including phenoxy) is 1. The molecule has 0 saturated heterocycles. The first-order valence-electron chi connectivity index (χ1n) is 9.20. The summed E-state index contributed by atoms with van der Waals surface area (Å²) in [5.74, 6) is 0.534. The Hall–Kier alpha value is -1.61. The second-order valence-electron chi connectivity index (χ2n) is 6.80. The van der Waals surface area contributed by atoms with E-state index < -0.39 is 0 Å². The maximum Gasteiger partial charge on any atom is 0.305 e. The van der Waals surface area contributed by atoms with Crippen LogP contribution in [0, 0.1) is 5.92 Å². The second-order valence-corrected chi connectivity index (χ2v) is 6.80. The fourth-order valence-corrected chi connectivity index (χ4v) is 3.40. The number of carbonyl (C=O) groups excluding carboxylic acids is 1. The lowest BCUT2D eigenvalue weighted by molar-refractivity contribution is -0.140. The van der Waals surface area contributed by atoms with Gasteiger partial charge in [-0.1, -0.05) is 42.0 Å². The van der Waals surface area contributed by atoms with Crippen LogP contribution in [0.25, 0.3) is 0 Å². The summed E-state index contributed by atoms with van der Waals surface area (Å²) in [5, 5.41) is 3.59. The Bertz CT molecular complexity index is 528. The summed E-state index contributed by atoms with van der Waals surface area (Å²) in [7, 11) is 1.45. The van der Waals surface area contributed by atoms with Crippen LogP contribution in [0.1, 0.15) is 51.9 Å². The number of fused-ring (bicyclic) bond motifs is 1. The van der Waals surface area contributed by atoms with E-state index in [0.29, 0.717) is 18.4 Å². The van der Waals surface area contributed by atoms with E-state index in [0.717, 1.165) is 38.6 Å². The van der Waals surface area contributed by atoms with Crippen molar-refractivity contribution >= 4 is 5.97 Å². The first-order chi connectivity index (χ1) is 11.7. The molecule has 0 amide bonds.